The molecule has 0 bridgehead atoms. The van der Waals surface area contributed by atoms with Crippen molar-refractivity contribution in [3.8, 4) is 0 Å². The molecule has 0 fully saturated rings. The first kappa shape index (κ1) is 14.1. The maximum Gasteiger partial charge on any atom is 0.307 e. The Morgan fingerprint density at radius 2 is 1.86 bits per heavy atom. The summed E-state index contributed by atoms with van der Waals surface area (Å²) in [6.45, 7) is 8.60. The summed E-state index contributed by atoms with van der Waals surface area (Å²) in [7, 11) is 1.98. The minimum Gasteiger partial charge on any atom is -0.481 e. The minimum atomic E-state index is -0.778. The highest BCUT2D eigenvalue weighted by Crippen LogP contribution is 2.33. The molecular weight excluding hydrogens is 264 g/mol. The molecule has 1 aromatic carbocycles. The van der Waals surface area contributed by atoms with E-state index in [-0.39, 0.29) is 12.0 Å². The number of nitrogens with zero attached hydrogens (tertiary/aromatic N) is 2. The Kier molecular flexibility index (Phi) is 3.10. The Hall–Kier alpha value is -1.81. The monoisotopic (exact) mass is 286 g/mol. The van der Waals surface area contributed by atoms with Crippen molar-refractivity contribution in [1.82, 2.24) is 9.47 Å². The lowest BCUT2D eigenvalue weighted by molar-refractivity contribution is -0.136. The van der Waals surface area contributed by atoms with E-state index in [1.807, 2.05) is 17.8 Å². The van der Waals surface area contributed by atoms with Crippen molar-refractivity contribution in [1.29, 1.82) is 0 Å². The number of aromatic nitrogens is 1. The zero-order valence-electron chi connectivity index (χ0n) is 13.1. The molecule has 3 rings (SSSR count). The first-order valence-electron chi connectivity index (χ1n) is 7.32. The van der Waals surface area contributed by atoms with Crippen LogP contribution in [0.25, 0.3) is 10.9 Å². The highest BCUT2D eigenvalue weighted by molar-refractivity contribution is 5.89. The van der Waals surface area contributed by atoms with E-state index in [4.69, 9.17) is 5.11 Å². The predicted octanol–water partition coefficient (Wildman–Crippen LogP) is 2.92. The minimum absolute atomic E-state index is 0.0825. The predicted molar refractivity (Wildman–Crippen MR) is 83.3 cm³/mol. The number of benzene rings is 1. The van der Waals surface area contributed by atoms with Crippen LogP contribution in [0.5, 0.6) is 0 Å². The third kappa shape index (κ3) is 2.44. The summed E-state index contributed by atoms with van der Waals surface area (Å²) >= 11 is 0. The van der Waals surface area contributed by atoms with Gasteiger partial charge >= 0.3 is 5.97 Å². The second-order valence-electron chi connectivity index (χ2n) is 7.00. The van der Waals surface area contributed by atoms with Gasteiger partial charge in [-0.2, -0.15) is 0 Å². The van der Waals surface area contributed by atoms with E-state index in [0.717, 1.165) is 29.6 Å². The van der Waals surface area contributed by atoms with Crippen molar-refractivity contribution in [2.75, 3.05) is 0 Å². The molecule has 4 nitrogen and oxygen atoms in total. The third-order valence-electron chi connectivity index (χ3n) is 4.41. The van der Waals surface area contributed by atoms with Gasteiger partial charge in [-0.25, -0.2) is 0 Å². The van der Waals surface area contributed by atoms with E-state index in [1.54, 1.807) is 0 Å². The number of hydrogen-bond acceptors (Lipinski definition) is 2. The van der Waals surface area contributed by atoms with E-state index in [2.05, 4.69) is 37.8 Å². The fourth-order valence-electron chi connectivity index (χ4n) is 3.14. The van der Waals surface area contributed by atoms with Crippen molar-refractivity contribution in [3.63, 3.8) is 0 Å². The van der Waals surface area contributed by atoms with Crippen LogP contribution in [-0.4, -0.2) is 26.1 Å². The van der Waals surface area contributed by atoms with Gasteiger partial charge in [0.2, 0.25) is 0 Å². The summed E-state index contributed by atoms with van der Waals surface area (Å²) in [4.78, 5) is 13.5. The summed E-state index contributed by atoms with van der Waals surface area (Å²) in [5.41, 5.74) is 4.86. The topological polar surface area (TPSA) is 45.5 Å². The van der Waals surface area contributed by atoms with Gasteiger partial charge in [0.05, 0.1) is 6.42 Å². The number of aliphatic carboxylic acids is 1. The van der Waals surface area contributed by atoms with Gasteiger partial charge in [0.25, 0.3) is 0 Å². The van der Waals surface area contributed by atoms with Crippen molar-refractivity contribution in [2.24, 2.45) is 7.05 Å². The summed E-state index contributed by atoms with van der Waals surface area (Å²) in [5.74, 6) is -0.778. The molecule has 1 aromatic heterocycles. The number of aryl methyl sites for hydroxylation is 1. The maximum absolute atomic E-state index is 11.0. The average molecular weight is 286 g/mol. The van der Waals surface area contributed by atoms with E-state index < -0.39 is 5.97 Å². The molecule has 0 atom stereocenters. The number of fused-ring (bicyclic) bond motifs is 2. The molecule has 0 amide bonds. The summed E-state index contributed by atoms with van der Waals surface area (Å²) in [6, 6.07) is 4.41. The van der Waals surface area contributed by atoms with Crippen LogP contribution in [0.3, 0.4) is 0 Å². The third-order valence-corrected chi connectivity index (χ3v) is 4.41. The lowest BCUT2D eigenvalue weighted by Gasteiger charge is -2.31. The van der Waals surface area contributed by atoms with Crippen LogP contribution >= 0.6 is 0 Å². The zero-order valence-corrected chi connectivity index (χ0v) is 13.1. The quantitative estimate of drug-likeness (QED) is 0.923. The molecule has 4 heteroatoms. The Labute approximate surface area is 125 Å². The van der Waals surface area contributed by atoms with E-state index in [9.17, 15) is 4.79 Å². The van der Waals surface area contributed by atoms with Crippen LogP contribution in [0.15, 0.2) is 18.3 Å². The van der Waals surface area contributed by atoms with Gasteiger partial charge in [0.1, 0.15) is 0 Å². The summed E-state index contributed by atoms with van der Waals surface area (Å²) in [6.07, 6.45) is 2.02. The number of carboxylic acid groups (broad SMARTS) is 1. The molecule has 0 spiro atoms. The summed E-state index contributed by atoms with van der Waals surface area (Å²) < 4.78 is 2.04. The molecule has 0 saturated heterocycles. The molecule has 0 aliphatic carbocycles. The van der Waals surface area contributed by atoms with Gasteiger partial charge in [-0.3, -0.25) is 9.69 Å². The van der Waals surface area contributed by atoms with Crippen LogP contribution in [0, 0.1) is 0 Å². The SMILES string of the molecule is Cn1cc(CC(=O)O)c2cc3c(cc21)CN(C(C)(C)C)C3. The van der Waals surface area contributed by atoms with E-state index in [0.29, 0.717) is 0 Å². The van der Waals surface area contributed by atoms with Crippen molar-refractivity contribution in [2.45, 2.75) is 45.8 Å². The molecule has 0 unspecified atom stereocenters. The number of carboxylic acids is 1. The molecule has 21 heavy (non-hydrogen) atoms. The Morgan fingerprint density at radius 1 is 1.24 bits per heavy atom. The fourth-order valence-corrected chi connectivity index (χ4v) is 3.14. The second-order valence-corrected chi connectivity index (χ2v) is 7.00. The fraction of sp³-hybridized carbons (Fsp3) is 0.471. The largest absolute Gasteiger partial charge is 0.481 e. The molecule has 112 valence electrons. The lowest BCUT2D eigenvalue weighted by atomic mass is 10.0. The number of hydrogen-bond donors (Lipinski definition) is 1. The molecule has 0 radical (unpaired) electrons. The molecule has 1 N–H and O–H groups in total. The van der Waals surface area contributed by atoms with Crippen molar-refractivity contribution >= 4 is 16.9 Å². The maximum atomic E-state index is 11.0. The first-order chi connectivity index (χ1) is 9.75. The van der Waals surface area contributed by atoms with Crippen molar-refractivity contribution < 1.29 is 9.90 Å². The molecule has 0 saturated carbocycles. The van der Waals surface area contributed by atoms with E-state index in [1.165, 1.54) is 11.1 Å². The number of carbonyl (C=O) groups is 1. The van der Waals surface area contributed by atoms with Gasteiger partial charge in [0, 0.05) is 42.8 Å². The number of rotatable bonds is 2. The van der Waals surface area contributed by atoms with Crippen LogP contribution < -0.4 is 0 Å². The lowest BCUT2D eigenvalue weighted by Crippen LogP contribution is -2.36. The van der Waals surface area contributed by atoms with Gasteiger partial charge in [0.15, 0.2) is 0 Å². The smallest absolute Gasteiger partial charge is 0.307 e. The Bertz CT molecular complexity index is 722. The summed E-state index contributed by atoms with van der Waals surface area (Å²) in [5, 5.41) is 10.1. The molecule has 1 aliphatic rings. The molecule has 1 aliphatic heterocycles. The van der Waals surface area contributed by atoms with Gasteiger partial charge in [-0.05, 0) is 49.6 Å². The molecular formula is C17H22N2O2. The van der Waals surface area contributed by atoms with Crippen LogP contribution in [-0.2, 0) is 31.4 Å². The second kappa shape index (κ2) is 4.60. The Morgan fingerprint density at radius 3 is 2.43 bits per heavy atom. The Balaban J connectivity index is 2.06. The van der Waals surface area contributed by atoms with Crippen LogP contribution in [0.1, 0.15) is 37.5 Å². The van der Waals surface area contributed by atoms with Gasteiger partial charge < -0.3 is 9.67 Å². The van der Waals surface area contributed by atoms with Crippen LogP contribution in [0.2, 0.25) is 0 Å². The highest BCUT2D eigenvalue weighted by atomic mass is 16.4. The van der Waals surface area contributed by atoms with Gasteiger partial charge in [-0.1, -0.05) is 0 Å². The van der Waals surface area contributed by atoms with Crippen LogP contribution in [0.4, 0.5) is 0 Å². The average Bonchev–Trinajstić information content (AvgIpc) is 2.89. The van der Waals surface area contributed by atoms with Gasteiger partial charge in [-0.15, -0.1) is 0 Å². The normalized spacial score (nSPS) is 15.6. The standard InChI is InChI=1S/C17H22N2O2/c1-17(2,3)19-9-11-5-14-13(7-16(20)21)8-18(4)15(14)6-12(11)10-19/h5-6,8H,7,9-10H2,1-4H3,(H,20,21). The first-order valence-corrected chi connectivity index (χ1v) is 7.32. The van der Waals surface area contributed by atoms with E-state index >= 15 is 0 Å². The molecule has 2 heterocycles. The van der Waals surface area contributed by atoms with Crippen molar-refractivity contribution in [3.05, 3.63) is 35.0 Å². The molecule has 2 aromatic rings. The highest BCUT2D eigenvalue weighted by Gasteiger charge is 2.28. The zero-order chi connectivity index (χ0) is 15.4.